The summed E-state index contributed by atoms with van der Waals surface area (Å²) in [4.78, 5) is 25.0. The van der Waals surface area contributed by atoms with Crippen molar-refractivity contribution in [2.75, 3.05) is 17.7 Å². The highest BCUT2D eigenvalue weighted by molar-refractivity contribution is 5.98. The van der Waals surface area contributed by atoms with Gasteiger partial charge in [-0.2, -0.15) is 4.98 Å². The van der Waals surface area contributed by atoms with E-state index >= 15 is 0 Å². The molecule has 1 aliphatic rings. The molecule has 1 fully saturated rings. The molecule has 1 aliphatic carbocycles. The first-order valence-electron chi connectivity index (χ1n) is 10.8. The van der Waals surface area contributed by atoms with Gasteiger partial charge in [0.15, 0.2) is 0 Å². The Hall–Kier alpha value is -3.68. The molecule has 1 saturated carbocycles. The van der Waals surface area contributed by atoms with Gasteiger partial charge in [-0.1, -0.05) is 31.9 Å². The van der Waals surface area contributed by atoms with Crippen molar-refractivity contribution in [3.63, 3.8) is 0 Å². The van der Waals surface area contributed by atoms with Crippen molar-refractivity contribution in [2.24, 2.45) is 11.7 Å². The number of amides is 1. The zero-order chi connectivity index (χ0) is 22.5. The Morgan fingerprint density at radius 1 is 1.03 bits per heavy atom. The zero-order valence-corrected chi connectivity index (χ0v) is 18.3. The molecule has 1 aromatic carbocycles. The van der Waals surface area contributed by atoms with Gasteiger partial charge in [0.2, 0.25) is 11.8 Å². The molecule has 0 radical (unpaired) electrons. The van der Waals surface area contributed by atoms with Gasteiger partial charge in [-0.3, -0.25) is 4.79 Å². The van der Waals surface area contributed by atoms with Crippen LogP contribution in [0.1, 0.15) is 43.0 Å². The fourth-order valence-electron chi connectivity index (χ4n) is 3.98. The van der Waals surface area contributed by atoms with Crippen molar-refractivity contribution in [1.29, 1.82) is 0 Å². The quantitative estimate of drug-likeness (QED) is 0.507. The minimum atomic E-state index is -0.578. The summed E-state index contributed by atoms with van der Waals surface area (Å²) in [5.74, 6) is 1.43. The molecule has 2 heterocycles. The number of carbonyl (C=O) groups is 1. The predicted molar refractivity (Wildman–Crippen MR) is 125 cm³/mol. The summed E-state index contributed by atoms with van der Waals surface area (Å²) in [6.45, 7) is 2.24. The fraction of sp³-hybridized carbons (Fsp3) is 0.333. The van der Waals surface area contributed by atoms with Crippen molar-refractivity contribution in [3.05, 3.63) is 54.4 Å². The fourth-order valence-corrected chi connectivity index (χ4v) is 3.98. The second-order valence-corrected chi connectivity index (χ2v) is 8.12. The molecule has 0 spiro atoms. The Labute approximate surface area is 187 Å². The topological polar surface area (TPSA) is 115 Å². The van der Waals surface area contributed by atoms with Gasteiger partial charge in [0.05, 0.1) is 7.11 Å². The first-order chi connectivity index (χ1) is 15.5. The number of benzene rings is 1. The molecular weight excluding hydrogens is 404 g/mol. The summed E-state index contributed by atoms with van der Waals surface area (Å²) >= 11 is 0. The normalized spacial score (nSPS) is 18.1. The number of anilines is 3. The van der Waals surface area contributed by atoms with E-state index in [2.05, 4.69) is 32.5 Å². The molecule has 2 aromatic heterocycles. The number of ether oxygens (including phenoxy) is 1. The van der Waals surface area contributed by atoms with Crippen LogP contribution in [0.15, 0.2) is 48.8 Å². The van der Waals surface area contributed by atoms with E-state index in [4.69, 9.17) is 10.5 Å². The van der Waals surface area contributed by atoms with E-state index < -0.39 is 5.91 Å². The van der Waals surface area contributed by atoms with Gasteiger partial charge >= 0.3 is 0 Å². The van der Waals surface area contributed by atoms with Gasteiger partial charge in [-0.25, -0.2) is 9.97 Å². The minimum absolute atomic E-state index is 0.246. The van der Waals surface area contributed by atoms with E-state index in [0.717, 1.165) is 23.2 Å². The third kappa shape index (κ3) is 4.96. The minimum Gasteiger partial charge on any atom is -0.481 e. The lowest BCUT2D eigenvalue weighted by molar-refractivity contribution is 0.100. The van der Waals surface area contributed by atoms with Crippen molar-refractivity contribution in [1.82, 2.24) is 15.0 Å². The van der Waals surface area contributed by atoms with Crippen LogP contribution in [0.5, 0.6) is 5.88 Å². The second-order valence-electron chi connectivity index (χ2n) is 8.12. The van der Waals surface area contributed by atoms with Crippen molar-refractivity contribution >= 4 is 23.4 Å². The summed E-state index contributed by atoms with van der Waals surface area (Å²) in [6.07, 6.45) is 7.98. The molecular formula is C24H28N6O2. The molecule has 4 N–H and O–H groups in total. The molecule has 8 nitrogen and oxygen atoms in total. The molecule has 0 saturated heterocycles. The van der Waals surface area contributed by atoms with Gasteiger partial charge in [0, 0.05) is 35.8 Å². The summed E-state index contributed by atoms with van der Waals surface area (Å²) in [5, 5.41) is 6.64. The Kier molecular flexibility index (Phi) is 6.49. The smallest absolute Gasteiger partial charge is 0.254 e. The van der Waals surface area contributed by atoms with Crippen LogP contribution in [0.4, 0.5) is 17.5 Å². The van der Waals surface area contributed by atoms with Crippen LogP contribution < -0.4 is 21.1 Å². The maximum atomic E-state index is 11.9. The third-order valence-electron chi connectivity index (χ3n) is 5.91. The lowest BCUT2D eigenvalue weighted by Gasteiger charge is -2.29. The summed E-state index contributed by atoms with van der Waals surface area (Å²) in [5.41, 5.74) is 8.57. The maximum absolute atomic E-state index is 11.9. The second kappa shape index (κ2) is 9.64. The molecule has 0 unspecified atom stereocenters. The van der Waals surface area contributed by atoms with E-state index in [1.54, 1.807) is 13.3 Å². The number of carbonyl (C=O) groups excluding carboxylic acids is 1. The third-order valence-corrected chi connectivity index (χ3v) is 5.91. The lowest BCUT2D eigenvalue weighted by Crippen LogP contribution is -2.31. The van der Waals surface area contributed by atoms with E-state index in [1.165, 1.54) is 25.5 Å². The van der Waals surface area contributed by atoms with Crippen molar-refractivity contribution < 1.29 is 9.53 Å². The van der Waals surface area contributed by atoms with Crippen LogP contribution >= 0.6 is 0 Å². The Morgan fingerprint density at radius 3 is 2.44 bits per heavy atom. The largest absolute Gasteiger partial charge is 0.481 e. The number of aromatic nitrogens is 3. The highest BCUT2D eigenvalue weighted by atomic mass is 16.5. The number of rotatable bonds is 7. The molecule has 32 heavy (non-hydrogen) atoms. The Bertz CT molecular complexity index is 1070. The van der Waals surface area contributed by atoms with E-state index in [9.17, 15) is 4.79 Å². The summed E-state index contributed by atoms with van der Waals surface area (Å²) < 4.78 is 5.11. The van der Waals surface area contributed by atoms with E-state index in [1.807, 2.05) is 36.4 Å². The molecule has 8 heteroatoms. The molecule has 2 atom stereocenters. The maximum Gasteiger partial charge on any atom is 0.254 e. The number of hydrogen-bond acceptors (Lipinski definition) is 7. The van der Waals surface area contributed by atoms with Gasteiger partial charge in [0.25, 0.3) is 5.91 Å². The average molecular weight is 433 g/mol. The average Bonchev–Trinajstić information content (AvgIpc) is 2.81. The molecule has 0 bridgehead atoms. The number of nitrogens with zero attached hydrogens (tertiary/aromatic N) is 3. The molecule has 0 aliphatic heterocycles. The first-order valence-corrected chi connectivity index (χ1v) is 10.8. The molecule has 3 aromatic rings. The summed E-state index contributed by atoms with van der Waals surface area (Å²) in [6, 6.07) is 11.9. The number of pyridine rings is 1. The van der Waals surface area contributed by atoms with Gasteiger partial charge < -0.3 is 21.1 Å². The molecule has 166 valence electrons. The van der Waals surface area contributed by atoms with Gasteiger partial charge in [-0.05, 0) is 42.5 Å². The SMILES string of the molecule is COc1ccc(-c2ccc(Nc3nc(N[C@@H]4CCCC[C@@H]4C)ncc3C(N)=O)cc2)cn1. The lowest BCUT2D eigenvalue weighted by atomic mass is 9.86. The van der Waals surface area contributed by atoms with Gasteiger partial charge in [0.1, 0.15) is 11.4 Å². The Morgan fingerprint density at radius 2 is 1.78 bits per heavy atom. The highest BCUT2D eigenvalue weighted by Gasteiger charge is 2.22. The van der Waals surface area contributed by atoms with E-state index in [-0.39, 0.29) is 5.56 Å². The highest BCUT2D eigenvalue weighted by Crippen LogP contribution is 2.28. The van der Waals surface area contributed by atoms with Gasteiger partial charge in [-0.15, -0.1) is 0 Å². The number of nitrogens with two attached hydrogens (primary N) is 1. The molecule has 1 amide bonds. The van der Waals surface area contributed by atoms with Crippen LogP contribution in [0.25, 0.3) is 11.1 Å². The monoisotopic (exact) mass is 432 g/mol. The zero-order valence-electron chi connectivity index (χ0n) is 18.3. The number of methoxy groups -OCH3 is 1. The van der Waals surface area contributed by atoms with Crippen molar-refractivity contribution in [3.8, 4) is 17.0 Å². The number of hydrogen-bond donors (Lipinski definition) is 3. The number of primary amides is 1. The van der Waals surface area contributed by atoms with Crippen LogP contribution in [-0.2, 0) is 0 Å². The van der Waals surface area contributed by atoms with Crippen LogP contribution in [0.2, 0.25) is 0 Å². The number of nitrogens with one attached hydrogen (secondary N) is 2. The molecule has 4 rings (SSSR count). The standard InChI is InChI=1S/C24H28N6O2/c1-15-5-3-4-6-20(15)29-24-27-14-19(22(25)31)23(30-24)28-18-10-7-16(8-11-18)17-9-12-21(32-2)26-13-17/h7-15,20H,3-6H2,1-2H3,(H2,25,31)(H2,27,28,29,30)/t15-,20+/m0/s1. The van der Waals surface area contributed by atoms with E-state index in [0.29, 0.717) is 29.6 Å². The predicted octanol–water partition coefficient (Wildman–Crippen LogP) is 4.38. The van der Waals surface area contributed by atoms with Crippen molar-refractivity contribution in [2.45, 2.75) is 38.6 Å². The first kappa shape index (κ1) is 21.5. The Balaban J connectivity index is 1.53. The van der Waals surface area contributed by atoms with Crippen LogP contribution in [0, 0.1) is 5.92 Å². The summed E-state index contributed by atoms with van der Waals surface area (Å²) in [7, 11) is 1.59. The van der Waals surface area contributed by atoms with Crippen LogP contribution in [0.3, 0.4) is 0 Å². The van der Waals surface area contributed by atoms with Crippen LogP contribution in [-0.4, -0.2) is 34.0 Å².